The van der Waals surface area contributed by atoms with Crippen LogP contribution < -0.4 is 5.32 Å². The van der Waals surface area contributed by atoms with Gasteiger partial charge in [0.1, 0.15) is 12.4 Å². The third kappa shape index (κ3) is 5.53. The van der Waals surface area contributed by atoms with Gasteiger partial charge in [-0.2, -0.15) is 18.3 Å². The van der Waals surface area contributed by atoms with Crippen LogP contribution in [0.3, 0.4) is 0 Å². The summed E-state index contributed by atoms with van der Waals surface area (Å²) in [5.74, 6) is -0.457. The summed E-state index contributed by atoms with van der Waals surface area (Å²) in [4.78, 5) is 30.2. The molecule has 0 saturated carbocycles. The molecule has 2 amide bonds. The van der Waals surface area contributed by atoms with E-state index >= 15 is 0 Å². The molecule has 2 heterocycles. The van der Waals surface area contributed by atoms with E-state index in [1.165, 1.54) is 18.5 Å². The molecular weight excluding hydrogens is 391 g/mol. The minimum Gasteiger partial charge on any atom is -0.378 e. The predicted molar refractivity (Wildman–Crippen MR) is 94.4 cm³/mol. The number of hydrogen-bond acceptors (Lipinski definition) is 5. The SMILES string of the molecule is O=C(CCC(=O)N1CCOCC1)N[C@H](c1cccc(C(F)(F)F)c1)c1ncn[nH]1. The molecule has 1 aliphatic heterocycles. The third-order valence-electron chi connectivity index (χ3n) is 4.49. The molecule has 2 N–H and O–H groups in total. The van der Waals surface area contributed by atoms with Crippen LogP contribution in [0.5, 0.6) is 0 Å². The first-order valence-corrected chi connectivity index (χ1v) is 9.02. The van der Waals surface area contributed by atoms with Crippen molar-refractivity contribution in [3.05, 3.63) is 47.5 Å². The van der Waals surface area contributed by atoms with Gasteiger partial charge in [-0.1, -0.05) is 12.1 Å². The summed E-state index contributed by atoms with van der Waals surface area (Å²) in [7, 11) is 0. The maximum absolute atomic E-state index is 13.0. The summed E-state index contributed by atoms with van der Waals surface area (Å²) in [6, 6.07) is 3.67. The fraction of sp³-hybridized carbons (Fsp3) is 0.444. The fourth-order valence-electron chi connectivity index (χ4n) is 2.98. The van der Waals surface area contributed by atoms with Gasteiger partial charge in [-0.25, -0.2) is 4.98 Å². The number of morpholine rings is 1. The minimum atomic E-state index is -4.52. The molecule has 0 bridgehead atoms. The lowest BCUT2D eigenvalue weighted by Crippen LogP contribution is -2.41. The van der Waals surface area contributed by atoms with Crippen LogP contribution >= 0.6 is 0 Å². The molecular formula is C18H20F3N5O3. The Morgan fingerprint density at radius 1 is 1.24 bits per heavy atom. The van der Waals surface area contributed by atoms with Crippen molar-refractivity contribution in [1.29, 1.82) is 0 Å². The number of carbonyl (C=O) groups is 2. The normalized spacial score (nSPS) is 15.8. The van der Waals surface area contributed by atoms with Gasteiger partial charge in [-0.05, 0) is 17.7 Å². The number of aromatic amines is 1. The fourth-order valence-corrected chi connectivity index (χ4v) is 2.98. The largest absolute Gasteiger partial charge is 0.416 e. The maximum Gasteiger partial charge on any atom is 0.416 e. The number of aromatic nitrogens is 3. The highest BCUT2D eigenvalue weighted by Gasteiger charge is 2.31. The Kier molecular flexibility index (Phi) is 6.47. The average molecular weight is 411 g/mol. The van der Waals surface area contributed by atoms with E-state index in [0.717, 1.165) is 12.1 Å². The van der Waals surface area contributed by atoms with Crippen LogP contribution in [-0.2, 0) is 20.5 Å². The molecule has 1 fully saturated rings. The molecule has 156 valence electrons. The zero-order valence-corrected chi connectivity index (χ0v) is 15.4. The molecule has 1 saturated heterocycles. The standard InChI is InChI=1S/C18H20F3N5O3/c19-18(20,21)13-3-1-2-12(10-13)16(17-22-11-23-25-17)24-14(27)4-5-15(28)26-6-8-29-9-7-26/h1-3,10-11,16H,4-9H2,(H,24,27)(H,22,23,25)/t16-/m1/s1. The Balaban J connectivity index is 1.68. The van der Waals surface area contributed by atoms with Crippen LogP contribution in [-0.4, -0.2) is 58.2 Å². The van der Waals surface area contributed by atoms with Crippen LogP contribution in [0.25, 0.3) is 0 Å². The van der Waals surface area contributed by atoms with Gasteiger partial charge in [-0.15, -0.1) is 0 Å². The van der Waals surface area contributed by atoms with E-state index in [1.807, 2.05) is 0 Å². The van der Waals surface area contributed by atoms with Crippen molar-refractivity contribution in [1.82, 2.24) is 25.4 Å². The third-order valence-corrected chi connectivity index (χ3v) is 4.49. The Labute approximate surface area is 164 Å². The minimum absolute atomic E-state index is 0.00243. The van der Waals surface area contributed by atoms with E-state index in [9.17, 15) is 22.8 Å². The first-order chi connectivity index (χ1) is 13.8. The molecule has 1 atom stereocenters. The van der Waals surface area contributed by atoms with Crippen LogP contribution in [0, 0.1) is 0 Å². The van der Waals surface area contributed by atoms with Crippen molar-refractivity contribution in [3.8, 4) is 0 Å². The van der Waals surface area contributed by atoms with Crippen LogP contribution in [0.4, 0.5) is 13.2 Å². The van der Waals surface area contributed by atoms with Crippen molar-refractivity contribution in [2.45, 2.75) is 25.1 Å². The maximum atomic E-state index is 13.0. The number of nitrogens with one attached hydrogen (secondary N) is 2. The van der Waals surface area contributed by atoms with Crippen LogP contribution in [0.15, 0.2) is 30.6 Å². The second kappa shape index (κ2) is 9.03. The van der Waals surface area contributed by atoms with Gasteiger partial charge in [-0.3, -0.25) is 14.7 Å². The quantitative estimate of drug-likeness (QED) is 0.753. The zero-order valence-electron chi connectivity index (χ0n) is 15.4. The summed E-state index contributed by atoms with van der Waals surface area (Å²) in [5, 5.41) is 8.91. The molecule has 0 spiro atoms. The molecule has 2 aromatic rings. The molecule has 1 aliphatic rings. The van der Waals surface area contributed by atoms with Crippen molar-refractivity contribution < 1.29 is 27.5 Å². The first kappa shape index (κ1) is 20.8. The predicted octanol–water partition coefficient (Wildman–Crippen LogP) is 1.67. The molecule has 0 aliphatic carbocycles. The van der Waals surface area contributed by atoms with Gasteiger partial charge in [0.05, 0.1) is 18.8 Å². The number of ether oxygens (including phenoxy) is 1. The van der Waals surface area contributed by atoms with Gasteiger partial charge in [0, 0.05) is 25.9 Å². The first-order valence-electron chi connectivity index (χ1n) is 9.02. The smallest absolute Gasteiger partial charge is 0.378 e. The van der Waals surface area contributed by atoms with Gasteiger partial charge >= 0.3 is 6.18 Å². The second-order valence-electron chi connectivity index (χ2n) is 6.49. The molecule has 29 heavy (non-hydrogen) atoms. The van der Waals surface area contributed by atoms with Gasteiger partial charge in [0.15, 0.2) is 5.82 Å². The number of alkyl halides is 3. The molecule has 3 rings (SSSR count). The summed E-state index contributed by atoms with van der Waals surface area (Å²) >= 11 is 0. The molecule has 11 heteroatoms. The van der Waals surface area contributed by atoms with Gasteiger partial charge < -0.3 is 15.0 Å². The number of benzene rings is 1. The number of nitrogens with zero attached hydrogens (tertiary/aromatic N) is 3. The molecule has 1 aromatic carbocycles. The van der Waals surface area contributed by atoms with Gasteiger partial charge in [0.2, 0.25) is 11.8 Å². The molecule has 1 aromatic heterocycles. The average Bonchev–Trinajstić information content (AvgIpc) is 3.25. The van der Waals surface area contributed by atoms with Crippen molar-refractivity contribution in [2.75, 3.05) is 26.3 Å². The Bertz CT molecular complexity index is 836. The second-order valence-corrected chi connectivity index (χ2v) is 6.49. The van der Waals surface area contributed by atoms with E-state index < -0.39 is 23.7 Å². The molecule has 8 nitrogen and oxygen atoms in total. The highest BCUT2D eigenvalue weighted by Crippen LogP contribution is 2.31. The zero-order chi connectivity index (χ0) is 20.9. The number of H-pyrrole nitrogens is 1. The number of rotatable bonds is 6. The van der Waals surface area contributed by atoms with Crippen molar-refractivity contribution >= 4 is 11.8 Å². The summed E-state index contributed by atoms with van der Waals surface area (Å²) in [6.07, 6.45) is -3.42. The summed E-state index contributed by atoms with van der Waals surface area (Å²) < 4.78 is 44.3. The summed E-state index contributed by atoms with van der Waals surface area (Å²) in [5.41, 5.74) is -0.638. The van der Waals surface area contributed by atoms with Crippen LogP contribution in [0.2, 0.25) is 0 Å². The lowest BCUT2D eigenvalue weighted by molar-refractivity contribution is -0.138. The lowest BCUT2D eigenvalue weighted by atomic mass is 10.0. The number of halogens is 3. The van der Waals surface area contributed by atoms with E-state index in [2.05, 4.69) is 20.5 Å². The Morgan fingerprint density at radius 2 is 2.00 bits per heavy atom. The van der Waals surface area contributed by atoms with Crippen molar-refractivity contribution in [2.24, 2.45) is 0 Å². The lowest BCUT2D eigenvalue weighted by Gasteiger charge is -2.26. The molecule has 0 radical (unpaired) electrons. The van der Waals surface area contributed by atoms with Crippen LogP contribution in [0.1, 0.15) is 35.8 Å². The topological polar surface area (TPSA) is 100 Å². The van der Waals surface area contributed by atoms with E-state index in [1.54, 1.807) is 4.90 Å². The van der Waals surface area contributed by atoms with E-state index in [4.69, 9.17) is 4.74 Å². The highest BCUT2D eigenvalue weighted by atomic mass is 19.4. The number of carbonyl (C=O) groups excluding carboxylic acids is 2. The van der Waals surface area contributed by atoms with E-state index in [-0.39, 0.29) is 30.1 Å². The highest BCUT2D eigenvalue weighted by molar-refractivity contribution is 5.84. The van der Waals surface area contributed by atoms with E-state index in [0.29, 0.717) is 26.3 Å². The monoisotopic (exact) mass is 411 g/mol. The number of amides is 2. The van der Waals surface area contributed by atoms with Crippen molar-refractivity contribution in [3.63, 3.8) is 0 Å². The number of hydrogen-bond donors (Lipinski definition) is 2. The van der Waals surface area contributed by atoms with Gasteiger partial charge in [0.25, 0.3) is 0 Å². The molecule has 0 unspecified atom stereocenters. The summed E-state index contributed by atoms with van der Waals surface area (Å²) in [6.45, 7) is 1.87. The Morgan fingerprint density at radius 3 is 2.66 bits per heavy atom. The Hall–Kier alpha value is -2.95.